The highest BCUT2D eigenvalue weighted by Gasteiger charge is 2.33. The number of amides is 1. The monoisotopic (exact) mass is 348 g/mol. The number of rotatable bonds is 4. The zero-order chi connectivity index (χ0) is 17.2. The first-order valence-electron chi connectivity index (χ1n) is 8.41. The summed E-state index contributed by atoms with van der Waals surface area (Å²) in [5.41, 5.74) is 4.76. The number of thioether (sulfide) groups is 1. The van der Waals surface area contributed by atoms with Gasteiger partial charge in [0.2, 0.25) is 5.91 Å². The summed E-state index contributed by atoms with van der Waals surface area (Å²) in [6, 6.07) is 20.7. The third-order valence-electron chi connectivity index (χ3n) is 4.56. The molecule has 0 spiro atoms. The quantitative estimate of drug-likeness (QED) is 0.690. The van der Waals surface area contributed by atoms with E-state index in [2.05, 4.69) is 66.3 Å². The molecule has 0 saturated carbocycles. The molecule has 1 fully saturated rings. The highest BCUT2D eigenvalue weighted by atomic mass is 32.2. The first-order chi connectivity index (χ1) is 12.2. The van der Waals surface area contributed by atoms with Crippen molar-refractivity contribution in [3.05, 3.63) is 89.7 Å². The number of nitrogens with zero attached hydrogens (tertiary/aromatic N) is 2. The Labute approximate surface area is 152 Å². The molecule has 4 rings (SSSR count). The van der Waals surface area contributed by atoms with Crippen LogP contribution in [0.2, 0.25) is 0 Å². The molecule has 1 aliphatic heterocycles. The predicted molar refractivity (Wildman–Crippen MR) is 103 cm³/mol. The minimum atomic E-state index is 0.0815. The molecular formula is C21H20N2OS. The van der Waals surface area contributed by atoms with Crippen LogP contribution in [-0.2, 0) is 11.3 Å². The van der Waals surface area contributed by atoms with Gasteiger partial charge in [-0.25, -0.2) is 0 Å². The second-order valence-electron chi connectivity index (χ2n) is 6.31. The van der Waals surface area contributed by atoms with Crippen LogP contribution < -0.4 is 0 Å². The van der Waals surface area contributed by atoms with E-state index in [9.17, 15) is 4.79 Å². The average Bonchev–Trinajstić information content (AvgIpc) is 3.24. The summed E-state index contributed by atoms with van der Waals surface area (Å²) >= 11 is 1.71. The van der Waals surface area contributed by atoms with Crippen LogP contribution in [0.25, 0.3) is 5.69 Å². The third kappa shape index (κ3) is 3.22. The van der Waals surface area contributed by atoms with E-state index in [1.54, 1.807) is 11.8 Å². The van der Waals surface area contributed by atoms with Gasteiger partial charge < -0.3 is 9.47 Å². The maximum absolute atomic E-state index is 12.4. The first-order valence-corrected chi connectivity index (χ1v) is 9.46. The highest BCUT2D eigenvalue weighted by Crippen LogP contribution is 2.40. The van der Waals surface area contributed by atoms with Gasteiger partial charge in [0.15, 0.2) is 0 Å². The lowest BCUT2D eigenvalue weighted by Crippen LogP contribution is -2.27. The van der Waals surface area contributed by atoms with Crippen molar-refractivity contribution in [3.63, 3.8) is 0 Å². The van der Waals surface area contributed by atoms with Crippen LogP contribution in [0, 0.1) is 6.92 Å². The SMILES string of the molecule is Cc1ccccc1-n1ccc([C@H]2SCC(=O)N2Cc2ccccc2)c1. The molecule has 2 heterocycles. The van der Waals surface area contributed by atoms with Crippen molar-refractivity contribution in [2.45, 2.75) is 18.8 Å². The van der Waals surface area contributed by atoms with E-state index in [1.165, 1.54) is 22.4 Å². The number of para-hydroxylation sites is 1. The summed E-state index contributed by atoms with van der Waals surface area (Å²) in [4.78, 5) is 14.4. The fraction of sp³-hybridized carbons (Fsp3) is 0.190. The van der Waals surface area contributed by atoms with E-state index in [-0.39, 0.29) is 11.3 Å². The summed E-state index contributed by atoms with van der Waals surface area (Å²) < 4.78 is 2.15. The molecule has 25 heavy (non-hydrogen) atoms. The number of hydrogen-bond donors (Lipinski definition) is 0. The van der Waals surface area contributed by atoms with Crippen molar-refractivity contribution >= 4 is 17.7 Å². The van der Waals surface area contributed by atoms with Gasteiger partial charge in [-0.2, -0.15) is 0 Å². The van der Waals surface area contributed by atoms with E-state index in [0.29, 0.717) is 12.3 Å². The molecule has 1 amide bonds. The fourth-order valence-corrected chi connectivity index (χ4v) is 4.41. The zero-order valence-corrected chi connectivity index (χ0v) is 14.9. The molecule has 1 aliphatic rings. The van der Waals surface area contributed by atoms with E-state index < -0.39 is 0 Å². The Hall–Kier alpha value is -2.46. The summed E-state index contributed by atoms with van der Waals surface area (Å²) in [7, 11) is 0. The minimum Gasteiger partial charge on any atom is -0.323 e. The molecular weight excluding hydrogens is 328 g/mol. The van der Waals surface area contributed by atoms with Crippen molar-refractivity contribution in [1.82, 2.24) is 9.47 Å². The molecule has 0 N–H and O–H groups in total. The van der Waals surface area contributed by atoms with Crippen LogP contribution in [0.3, 0.4) is 0 Å². The van der Waals surface area contributed by atoms with Crippen molar-refractivity contribution in [1.29, 1.82) is 0 Å². The highest BCUT2D eigenvalue weighted by molar-refractivity contribution is 8.00. The number of hydrogen-bond acceptors (Lipinski definition) is 2. The molecule has 1 aromatic heterocycles. The maximum Gasteiger partial charge on any atom is 0.234 e. The Morgan fingerprint density at radius 2 is 1.80 bits per heavy atom. The number of benzene rings is 2. The second-order valence-corrected chi connectivity index (χ2v) is 7.38. The van der Waals surface area contributed by atoms with Crippen molar-refractivity contribution < 1.29 is 4.79 Å². The van der Waals surface area contributed by atoms with E-state index in [4.69, 9.17) is 0 Å². The van der Waals surface area contributed by atoms with Crippen LogP contribution in [0.1, 0.15) is 22.1 Å². The lowest BCUT2D eigenvalue weighted by atomic mass is 10.2. The van der Waals surface area contributed by atoms with Crippen molar-refractivity contribution in [2.75, 3.05) is 5.75 Å². The van der Waals surface area contributed by atoms with E-state index >= 15 is 0 Å². The molecule has 2 aromatic carbocycles. The molecule has 1 atom stereocenters. The van der Waals surface area contributed by atoms with Crippen LogP contribution in [0.4, 0.5) is 0 Å². The Morgan fingerprint density at radius 1 is 1.04 bits per heavy atom. The topological polar surface area (TPSA) is 25.2 Å². The Morgan fingerprint density at radius 3 is 2.60 bits per heavy atom. The van der Waals surface area contributed by atoms with Crippen LogP contribution in [0.15, 0.2) is 73.1 Å². The first kappa shape index (κ1) is 16.0. The smallest absolute Gasteiger partial charge is 0.234 e. The average molecular weight is 348 g/mol. The van der Waals surface area contributed by atoms with Gasteiger partial charge in [0.1, 0.15) is 5.37 Å². The number of aryl methyl sites for hydroxylation is 1. The zero-order valence-electron chi connectivity index (χ0n) is 14.1. The molecule has 3 aromatic rings. The van der Waals surface area contributed by atoms with Gasteiger partial charge in [-0.15, -0.1) is 11.8 Å². The third-order valence-corrected chi connectivity index (χ3v) is 5.81. The van der Waals surface area contributed by atoms with E-state index in [1.807, 2.05) is 23.1 Å². The van der Waals surface area contributed by atoms with Gasteiger partial charge in [0.05, 0.1) is 5.75 Å². The largest absolute Gasteiger partial charge is 0.323 e. The number of carbonyl (C=O) groups excluding carboxylic acids is 1. The number of aromatic nitrogens is 1. The molecule has 0 unspecified atom stereocenters. The standard InChI is InChI=1S/C21H20N2OS/c1-16-7-5-6-10-19(16)22-12-11-18(14-22)21-23(20(24)15-25-21)13-17-8-3-2-4-9-17/h2-12,14,21H,13,15H2,1H3/t21-/m1/s1. The molecule has 4 heteroatoms. The van der Waals surface area contributed by atoms with Crippen LogP contribution in [-0.4, -0.2) is 21.1 Å². The maximum atomic E-state index is 12.4. The lowest BCUT2D eigenvalue weighted by Gasteiger charge is -2.23. The molecule has 1 saturated heterocycles. The summed E-state index contributed by atoms with van der Waals surface area (Å²) in [5.74, 6) is 0.759. The van der Waals surface area contributed by atoms with Gasteiger partial charge in [0.25, 0.3) is 0 Å². The molecule has 126 valence electrons. The Bertz CT molecular complexity index is 888. The molecule has 0 radical (unpaired) electrons. The van der Waals surface area contributed by atoms with Gasteiger partial charge in [-0.3, -0.25) is 4.79 Å². The molecule has 3 nitrogen and oxygen atoms in total. The normalized spacial score (nSPS) is 17.2. The summed E-state index contributed by atoms with van der Waals surface area (Å²) in [6.07, 6.45) is 4.23. The summed E-state index contributed by atoms with van der Waals surface area (Å²) in [5, 5.41) is 0.0815. The van der Waals surface area contributed by atoms with Gasteiger partial charge in [0, 0.05) is 30.2 Å². The van der Waals surface area contributed by atoms with Gasteiger partial charge >= 0.3 is 0 Å². The Kier molecular flexibility index (Phi) is 4.36. The van der Waals surface area contributed by atoms with Crippen LogP contribution in [0.5, 0.6) is 0 Å². The second kappa shape index (κ2) is 6.81. The summed E-state index contributed by atoms with van der Waals surface area (Å²) in [6.45, 7) is 2.78. The molecule has 0 aliphatic carbocycles. The lowest BCUT2D eigenvalue weighted by molar-refractivity contribution is -0.128. The predicted octanol–water partition coefficient (Wildman–Crippen LogP) is 4.56. The van der Waals surface area contributed by atoms with Gasteiger partial charge in [-0.05, 0) is 30.2 Å². The Balaban J connectivity index is 1.60. The minimum absolute atomic E-state index is 0.0815. The van der Waals surface area contributed by atoms with Crippen LogP contribution >= 0.6 is 11.8 Å². The van der Waals surface area contributed by atoms with Gasteiger partial charge in [-0.1, -0.05) is 48.5 Å². The fourth-order valence-electron chi connectivity index (χ4n) is 3.24. The van der Waals surface area contributed by atoms with E-state index in [0.717, 1.165) is 0 Å². The number of carbonyl (C=O) groups is 1. The van der Waals surface area contributed by atoms with Crippen molar-refractivity contribution in [3.8, 4) is 5.69 Å². The molecule has 0 bridgehead atoms. The van der Waals surface area contributed by atoms with Crippen molar-refractivity contribution in [2.24, 2.45) is 0 Å².